The molecule has 1 saturated carbocycles. The molecule has 2 nitrogen and oxygen atoms in total. The van der Waals surface area contributed by atoms with Crippen LogP contribution in [0.25, 0.3) is 0 Å². The standard InChI is InChI=1S/C18H24ClF3N2.2ClH/c19-16-7-6-14(18(20,21)22)12-15(16)17(13-4-2-1-3-5-13)24-10-8-23-9-11-24;;/h6-7,12-13,17,23H,1-5,8-11H2;2*1H/t17-;;/m0../s1. The predicted molar refractivity (Wildman–Crippen MR) is 105 cm³/mol. The van der Waals surface area contributed by atoms with E-state index >= 15 is 0 Å². The van der Waals surface area contributed by atoms with E-state index in [1.807, 2.05) is 0 Å². The van der Waals surface area contributed by atoms with Gasteiger partial charge in [-0.25, -0.2) is 0 Å². The van der Waals surface area contributed by atoms with E-state index in [2.05, 4.69) is 10.2 Å². The molecular formula is C18H26Cl3F3N2. The van der Waals surface area contributed by atoms with Gasteiger partial charge in [0, 0.05) is 37.2 Å². The summed E-state index contributed by atoms with van der Waals surface area (Å²) in [4.78, 5) is 2.33. The minimum Gasteiger partial charge on any atom is -0.314 e. The van der Waals surface area contributed by atoms with Gasteiger partial charge in [0.15, 0.2) is 0 Å². The molecule has 1 aliphatic carbocycles. The summed E-state index contributed by atoms with van der Waals surface area (Å²) in [6, 6.07) is 3.77. The Hall–Kier alpha value is -0.200. The molecule has 1 aliphatic heterocycles. The van der Waals surface area contributed by atoms with Crippen molar-refractivity contribution in [2.75, 3.05) is 26.2 Å². The molecule has 0 bridgehead atoms. The third kappa shape index (κ3) is 5.65. The minimum atomic E-state index is -4.33. The van der Waals surface area contributed by atoms with Crippen molar-refractivity contribution in [3.05, 3.63) is 34.3 Å². The van der Waals surface area contributed by atoms with E-state index < -0.39 is 11.7 Å². The van der Waals surface area contributed by atoms with Crippen LogP contribution in [0.2, 0.25) is 5.02 Å². The second-order valence-electron chi connectivity index (χ2n) is 6.86. The van der Waals surface area contributed by atoms with Gasteiger partial charge in [-0.15, -0.1) is 24.8 Å². The van der Waals surface area contributed by atoms with Gasteiger partial charge < -0.3 is 5.32 Å². The van der Waals surface area contributed by atoms with Crippen LogP contribution in [-0.4, -0.2) is 31.1 Å². The number of hydrogen-bond acceptors (Lipinski definition) is 2. The van der Waals surface area contributed by atoms with Gasteiger partial charge in [0.2, 0.25) is 0 Å². The average molecular weight is 434 g/mol. The molecule has 1 atom stereocenters. The van der Waals surface area contributed by atoms with Crippen molar-refractivity contribution in [1.82, 2.24) is 10.2 Å². The van der Waals surface area contributed by atoms with Crippen LogP contribution in [0.4, 0.5) is 13.2 Å². The van der Waals surface area contributed by atoms with Gasteiger partial charge in [0.05, 0.1) is 5.56 Å². The lowest BCUT2D eigenvalue weighted by atomic mass is 9.79. The minimum absolute atomic E-state index is 0. The zero-order valence-corrected chi connectivity index (χ0v) is 16.9. The quantitative estimate of drug-likeness (QED) is 0.655. The van der Waals surface area contributed by atoms with Crippen molar-refractivity contribution >= 4 is 36.4 Å². The van der Waals surface area contributed by atoms with Gasteiger partial charge in [-0.3, -0.25) is 4.90 Å². The summed E-state index contributed by atoms with van der Waals surface area (Å²) < 4.78 is 39.5. The molecule has 8 heteroatoms. The molecule has 1 aromatic rings. The number of alkyl halides is 3. The van der Waals surface area contributed by atoms with E-state index in [9.17, 15) is 13.2 Å². The van der Waals surface area contributed by atoms with Crippen molar-refractivity contribution in [3.8, 4) is 0 Å². The highest BCUT2D eigenvalue weighted by molar-refractivity contribution is 6.31. The smallest absolute Gasteiger partial charge is 0.314 e. The summed E-state index contributed by atoms with van der Waals surface area (Å²) in [5.41, 5.74) is 0.0538. The van der Waals surface area contributed by atoms with Gasteiger partial charge in [-0.05, 0) is 42.5 Å². The van der Waals surface area contributed by atoms with Crippen LogP contribution in [0.5, 0.6) is 0 Å². The van der Waals surface area contributed by atoms with Crippen LogP contribution < -0.4 is 5.32 Å². The van der Waals surface area contributed by atoms with Crippen molar-refractivity contribution in [2.24, 2.45) is 5.92 Å². The number of nitrogens with one attached hydrogen (secondary N) is 1. The maximum Gasteiger partial charge on any atom is 0.416 e. The Morgan fingerprint density at radius 1 is 1.04 bits per heavy atom. The van der Waals surface area contributed by atoms with E-state index in [1.165, 1.54) is 18.6 Å². The number of halogens is 6. The largest absolute Gasteiger partial charge is 0.416 e. The molecule has 3 rings (SSSR count). The molecule has 2 aliphatic rings. The monoisotopic (exact) mass is 432 g/mol. The second kappa shape index (κ2) is 10.4. The summed E-state index contributed by atoms with van der Waals surface area (Å²) in [7, 11) is 0. The molecule has 150 valence electrons. The molecule has 0 spiro atoms. The van der Waals surface area contributed by atoms with Crippen molar-refractivity contribution in [2.45, 2.75) is 44.3 Å². The molecule has 0 radical (unpaired) electrons. The van der Waals surface area contributed by atoms with E-state index in [0.717, 1.165) is 57.9 Å². The third-order valence-corrected chi connectivity index (χ3v) is 5.63. The molecule has 1 heterocycles. The molecule has 0 unspecified atom stereocenters. The van der Waals surface area contributed by atoms with E-state index in [0.29, 0.717) is 16.5 Å². The maximum atomic E-state index is 13.2. The summed E-state index contributed by atoms with van der Waals surface area (Å²) >= 11 is 6.37. The molecule has 0 amide bonds. The first-order valence-corrected chi connectivity index (χ1v) is 9.16. The van der Waals surface area contributed by atoms with Crippen LogP contribution in [0, 0.1) is 5.92 Å². The highest BCUT2D eigenvalue weighted by Crippen LogP contribution is 2.42. The van der Waals surface area contributed by atoms with Crippen LogP contribution in [-0.2, 0) is 6.18 Å². The van der Waals surface area contributed by atoms with E-state index in [-0.39, 0.29) is 30.9 Å². The first-order valence-electron chi connectivity index (χ1n) is 8.78. The first kappa shape index (κ1) is 23.8. The van der Waals surface area contributed by atoms with Crippen LogP contribution >= 0.6 is 36.4 Å². The summed E-state index contributed by atoms with van der Waals surface area (Å²) in [5.74, 6) is 0.387. The summed E-state index contributed by atoms with van der Waals surface area (Å²) in [5, 5.41) is 3.78. The van der Waals surface area contributed by atoms with Gasteiger partial charge in [0.1, 0.15) is 0 Å². The Balaban J connectivity index is 0.00000169. The van der Waals surface area contributed by atoms with E-state index in [4.69, 9.17) is 11.6 Å². The Bertz CT molecular complexity index is 539. The van der Waals surface area contributed by atoms with Crippen LogP contribution in [0.1, 0.15) is 49.3 Å². The Morgan fingerprint density at radius 2 is 1.65 bits per heavy atom. The van der Waals surface area contributed by atoms with E-state index in [1.54, 1.807) is 0 Å². The molecule has 1 aromatic carbocycles. The summed E-state index contributed by atoms with van der Waals surface area (Å²) in [6.07, 6.45) is 1.34. The summed E-state index contributed by atoms with van der Waals surface area (Å²) in [6.45, 7) is 3.46. The van der Waals surface area contributed by atoms with Crippen molar-refractivity contribution in [1.29, 1.82) is 0 Å². The fraction of sp³-hybridized carbons (Fsp3) is 0.667. The molecule has 0 aromatic heterocycles. The first-order chi connectivity index (χ1) is 11.5. The molecule has 26 heavy (non-hydrogen) atoms. The normalized spacial score (nSPS) is 20.8. The third-order valence-electron chi connectivity index (χ3n) is 5.28. The molecular weight excluding hydrogens is 408 g/mol. The van der Waals surface area contributed by atoms with Crippen molar-refractivity contribution in [3.63, 3.8) is 0 Å². The van der Waals surface area contributed by atoms with Gasteiger partial charge >= 0.3 is 6.18 Å². The molecule has 2 fully saturated rings. The molecule has 1 N–H and O–H groups in total. The highest BCUT2D eigenvalue weighted by atomic mass is 35.5. The van der Waals surface area contributed by atoms with Crippen molar-refractivity contribution < 1.29 is 13.2 Å². The predicted octanol–water partition coefficient (Wildman–Crippen LogP) is 5.73. The number of nitrogens with zero attached hydrogens (tertiary/aromatic N) is 1. The fourth-order valence-electron chi connectivity index (χ4n) is 4.11. The number of piperazine rings is 1. The molecule has 1 saturated heterocycles. The number of hydrogen-bond donors (Lipinski definition) is 1. The number of benzene rings is 1. The van der Waals surface area contributed by atoms with Gasteiger partial charge in [-0.2, -0.15) is 13.2 Å². The fourth-order valence-corrected chi connectivity index (χ4v) is 4.34. The Labute approximate surface area is 170 Å². The lowest BCUT2D eigenvalue weighted by molar-refractivity contribution is -0.137. The highest BCUT2D eigenvalue weighted by Gasteiger charge is 2.35. The van der Waals surface area contributed by atoms with Gasteiger partial charge in [0.25, 0.3) is 0 Å². The Morgan fingerprint density at radius 3 is 2.23 bits per heavy atom. The zero-order valence-electron chi connectivity index (χ0n) is 14.5. The topological polar surface area (TPSA) is 15.3 Å². The lowest BCUT2D eigenvalue weighted by Gasteiger charge is -2.41. The maximum absolute atomic E-state index is 13.2. The van der Waals surface area contributed by atoms with Crippen LogP contribution in [0.15, 0.2) is 18.2 Å². The van der Waals surface area contributed by atoms with Gasteiger partial charge in [-0.1, -0.05) is 30.9 Å². The van der Waals surface area contributed by atoms with Crippen LogP contribution in [0.3, 0.4) is 0 Å². The SMILES string of the molecule is Cl.Cl.FC(F)(F)c1ccc(Cl)c([C@H](C2CCCCC2)N2CCNCC2)c1. The second-order valence-corrected chi connectivity index (χ2v) is 7.27. The lowest BCUT2D eigenvalue weighted by Crippen LogP contribution is -2.47. The zero-order chi connectivity index (χ0) is 17.2. The number of rotatable bonds is 3. The average Bonchev–Trinajstić information content (AvgIpc) is 2.58. The Kier molecular flexibility index (Phi) is 9.51.